The third kappa shape index (κ3) is 1.98. The van der Waals surface area contributed by atoms with Crippen LogP contribution in [0, 0.1) is 10.5 Å². The first-order valence-corrected chi connectivity index (χ1v) is 4.97. The number of hydrogen-bond donors (Lipinski definition) is 0. The lowest BCUT2D eigenvalue weighted by atomic mass is 10.1. The van der Waals surface area contributed by atoms with Crippen molar-refractivity contribution in [2.45, 2.75) is 6.92 Å². The van der Waals surface area contributed by atoms with E-state index in [1.807, 2.05) is 19.1 Å². The highest BCUT2D eigenvalue weighted by atomic mass is 127. The van der Waals surface area contributed by atoms with Crippen LogP contribution in [-0.2, 0) is 3.83 Å². The first-order valence-electron chi connectivity index (χ1n) is 3.25. The summed E-state index contributed by atoms with van der Waals surface area (Å²) in [5, 5.41) is 0. The molecule has 0 amide bonds. The van der Waals surface area contributed by atoms with Gasteiger partial charge in [0.25, 0.3) is 0 Å². The van der Waals surface area contributed by atoms with Crippen LogP contribution in [0.1, 0.15) is 15.9 Å². The molecule has 1 rings (SSSR count). The zero-order valence-electron chi connectivity index (χ0n) is 6.30. The molecule has 0 saturated carbocycles. The first kappa shape index (κ1) is 9.98. The SMILES string of the molecule is Cc1cccc(C(=O)OBr)c1I. The van der Waals surface area contributed by atoms with Gasteiger partial charge in [-0.25, -0.2) is 4.79 Å². The van der Waals surface area contributed by atoms with Gasteiger partial charge in [0.05, 0.1) is 5.56 Å². The molecule has 0 N–H and O–H groups in total. The monoisotopic (exact) mass is 340 g/mol. The molecular weight excluding hydrogens is 335 g/mol. The fraction of sp³-hybridized carbons (Fsp3) is 0.125. The van der Waals surface area contributed by atoms with E-state index in [0.29, 0.717) is 5.56 Å². The highest BCUT2D eigenvalue weighted by Gasteiger charge is 2.11. The second-order valence-corrected chi connectivity index (χ2v) is 3.70. The third-order valence-corrected chi connectivity index (χ3v) is 3.21. The van der Waals surface area contributed by atoms with Gasteiger partial charge in [-0.1, -0.05) is 12.1 Å². The summed E-state index contributed by atoms with van der Waals surface area (Å²) in [5.74, 6) is -0.358. The van der Waals surface area contributed by atoms with Crippen molar-refractivity contribution in [3.8, 4) is 0 Å². The predicted octanol–water partition coefficient (Wildman–Crippen LogP) is 3.07. The maximum atomic E-state index is 11.1. The van der Waals surface area contributed by atoms with E-state index in [0.717, 1.165) is 9.13 Å². The van der Waals surface area contributed by atoms with Gasteiger partial charge in [-0.15, -0.1) is 0 Å². The Morgan fingerprint density at radius 2 is 2.25 bits per heavy atom. The Kier molecular flexibility index (Phi) is 3.52. The molecule has 1 aromatic carbocycles. The van der Waals surface area contributed by atoms with Gasteiger partial charge in [0.2, 0.25) is 0 Å². The molecule has 0 aliphatic carbocycles. The van der Waals surface area contributed by atoms with Gasteiger partial charge in [0, 0.05) is 3.57 Å². The largest absolute Gasteiger partial charge is 0.380 e. The second kappa shape index (κ2) is 4.23. The quantitative estimate of drug-likeness (QED) is 0.734. The number of aryl methyl sites for hydroxylation is 1. The van der Waals surface area contributed by atoms with Crippen molar-refractivity contribution in [1.82, 2.24) is 0 Å². The summed E-state index contributed by atoms with van der Waals surface area (Å²) in [5.41, 5.74) is 1.67. The maximum Gasteiger partial charge on any atom is 0.350 e. The van der Waals surface area contributed by atoms with E-state index in [-0.39, 0.29) is 5.97 Å². The van der Waals surface area contributed by atoms with E-state index in [4.69, 9.17) is 0 Å². The fourth-order valence-electron chi connectivity index (χ4n) is 0.847. The van der Waals surface area contributed by atoms with Crippen molar-refractivity contribution >= 4 is 44.8 Å². The topological polar surface area (TPSA) is 26.3 Å². The van der Waals surface area contributed by atoms with Gasteiger partial charge in [0.15, 0.2) is 16.3 Å². The Bertz CT molecular complexity index is 312. The van der Waals surface area contributed by atoms with Crippen LogP contribution in [0.5, 0.6) is 0 Å². The van der Waals surface area contributed by atoms with E-state index < -0.39 is 0 Å². The summed E-state index contributed by atoms with van der Waals surface area (Å²) in [4.78, 5) is 11.1. The van der Waals surface area contributed by atoms with Crippen molar-refractivity contribution in [2.75, 3.05) is 0 Å². The summed E-state index contributed by atoms with van der Waals surface area (Å²) >= 11 is 4.78. The van der Waals surface area contributed by atoms with Crippen LogP contribution in [0.4, 0.5) is 0 Å². The number of hydrogen-bond acceptors (Lipinski definition) is 2. The highest BCUT2D eigenvalue weighted by Crippen LogP contribution is 2.17. The molecule has 12 heavy (non-hydrogen) atoms. The van der Waals surface area contributed by atoms with E-state index in [9.17, 15) is 4.79 Å². The lowest BCUT2D eigenvalue weighted by molar-refractivity contribution is 0.0780. The summed E-state index contributed by atoms with van der Waals surface area (Å²) in [7, 11) is 0. The molecule has 0 aliphatic rings. The van der Waals surface area contributed by atoms with Crippen molar-refractivity contribution in [3.63, 3.8) is 0 Å². The zero-order valence-corrected chi connectivity index (χ0v) is 10.0. The summed E-state index contributed by atoms with van der Waals surface area (Å²) in [6.07, 6.45) is 0. The molecule has 0 aliphatic heterocycles. The molecule has 0 saturated heterocycles. The second-order valence-electron chi connectivity index (χ2n) is 2.30. The molecule has 1 aromatic rings. The van der Waals surface area contributed by atoms with Gasteiger partial charge < -0.3 is 3.83 Å². The molecular formula is C8H6BrIO2. The number of benzene rings is 1. The Morgan fingerprint density at radius 1 is 1.58 bits per heavy atom. The van der Waals surface area contributed by atoms with Crippen molar-refractivity contribution in [3.05, 3.63) is 32.9 Å². The lowest BCUT2D eigenvalue weighted by Crippen LogP contribution is -2.01. The van der Waals surface area contributed by atoms with Crippen LogP contribution in [0.15, 0.2) is 18.2 Å². The molecule has 0 fully saturated rings. The fourth-order valence-corrected chi connectivity index (χ4v) is 1.60. The average Bonchev–Trinajstić information content (AvgIpc) is 2.08. The minimum atomic E-state index is -0.358. The van der Waals surface area contributed by atoms with Crippen molar-refractivity contribution in [2.24, 2.45) is 0 Å². The van der Waals surface area contributed by atoms with Gasteiger partial charge in [-0.05, 0) is 41.1 Å². The number of rotatable bonds is 1. The molecule has 64 valence electrons. The summed E-state index contributed by atoms with van der Waals surface area (Å²) < 4.78 is 5.37. The number of carbonyl (C=O) groups is 1. The number of carbonyl (C=O) groups excluding carboxylic acids is 1. The summed E-state index contributed by atoms with van der Waals surface area (Å²) in [6, 6.07) is 5.52. The maximum absolute atomic E-state index is 11.1. The summed E-state index contributed by atoms with van der Waals surface area (Å²) in [6.45, 7) is 1.95. The zero-order chi connectivity index (χ0) is 9.14. The Hall–Kier alpha value is -0.100. The van der Waals surface area contributed by atoms with E-state index >= 15 is 0 Å². The molecule has 0 radical (unpaired) electrons. The van der Waals surface area contributed by atoms with Gasteiger partial charge in [-0.3, -0.25) is 0 Å². The molecule has 0 aromatic heterocycles. The molecule has 0 bridgehead atoms. The molecule has 0 spiro atoms. The van der Waals surface area contributed by atoms with Gasteiger partial charge in [0.1, 0.15) is 0 Å². The van der Waals surface area contributed by atoms with Gasteiger partial charge >= 0.3 is 5.97 Å². The minimum absolute atomic E-state index is 0.358. The van der Waals surface area contributed by atoms with Crippen LogP contribution in [0.2, 0.25) is 0 Å². The smallest absolute Gasteiger partial charge is 0.350 e. The molecule has 0 atom stereocenters. The molecule has 0 unspecified atom stereocenters. The lowest BCUT2D eigenvalue weighted by Gasteiger charge is -2.02. The Labute approximate surface area is 92.9 Å². The molecule has 0 heterocycles. The first-order chi connectivity index (χ1) is 5.66. The van der Waals surface area contributed by atoms with Crippen LogP contribution in [0.25, 0.3) is 0 Å². The van der Waals surface area contributed by atoms with Crippen LogP contribution < -0.4 is 0 Å². The van der Waals surface area contributed by atoms with Gasteiger partial charge in [-0.2, -0.15) is 0 Å². The molecule has 4 heteroatoms. The highest BCUT2D eigenvalue weighted by molar-refractivity contribution is 14.1. The standard InChI is InChI=1S/C8H6BrIO2/c1-5-3-2-4-6(7(5)10)8(11)12-9/h2-4H,1H3. The Balaban J connectivity index is 3.16. The average molecular weight is 341 g/mol. The van der Waals surface area contributed by atoms with E-state index in [1.165, 1.54) is 0 Å². The normalized spacial score (nSPS) is 9.58. The Morgan fingerprint density at radius 3 is 2.83 bits per heavy atom. The van der Waals surface area contributed by atoms with Crippen LogP contribution >= 0.6 is 38.8 Å². The third-order valence-electron chi connectivity index (χ3n) is 1.48. The minimum Gasteiger partial charge on any atom is -0.380 e. The van der Waals surface area contributed by atoms with Crippen molar-refractivity contribution < 1.29 is 8.62 Å². The molecule has 2 nitrogen and oxygen atoms in total. The van der Waals surface area contributed by atoms with Crippen molar-refractivity contribution in [1.29, 1.82) is 0 Å². The van der Waals surface area contributed by atoms with E-state index in [1.54, 1.807) is 6.07 Å². The number of halogens is 2. The van der Waals surface area contributed by atoms with Crippen LogP contribution in [0.3, 0.4) is 0 Å². The predicted molar refractivity (Wildman–Crippen MR) is 58.2 cm³/mol. The van der Waals surface area contributed by atoms with E-state index in [2.05, 4.69) is 42.7 Å². The van der Waals surface area contributed by atoms with Crippen LogP contribution in [-0.4, -0.2) is 5.97 Å².